The van der Waals surface area contributed by atoms with E-state index in [0.717, 1.165) is 6.07 Å². The Bertz CT molecular complexity index is 1170. The number of benzene rings is 2. The summed E-state index contributed by atoms with van der Waals surface area (Å²) in [5, 5.41) is 7.54. The fraction of sp³-hybridized carbons (Fsp3) is 0.227. The molecular formula is C22H18Cl2FN3O4. The van der Waals surface area contributed by atoms with Gasteiger partial charge in [-0.15, -0.1) is 0 Å². The lowest BCUT2D eigenvalue weighted by atomic mass is 9.75. The molecule has 1 heterocycles. The normalized spacial score (nSPS) is 17.3. The Hall–Kier alpha value is -3.10. The van der Waals surface area contributed by atoms with Crippen molar-refractivity contribution < 1.29 is 23.2 Å². The number of rotatable bonds is 8. The van der Waals surface area contributed by atoms with E-state index in [1.54, 1.807) is 24.3 Å². The second-order valence-electron chi connectivity index (χ2n) is 7.43. The summed E-state index contributed by atoms with van der Waals surface area (Å²) in [4.78, 5) is 16.5. The van der Waals surface area contributed by atoms with Crippen LogP contribution in [0.25, 0.3) is 0 Å². The van der Waals surface area contributed by atoms with Crippen LogP contribution in [0.2, 0.25) is 10.0 Å². The minimum absolute atomic E-state index is 0.0452. The van der Waals surface area contributed by atoms with Crippen LogP contribution in [0.15, 0.2) is 58.8 Å². The van der Waals surface area contributed by atoms with E-state index in [9.17, 15) is 9.18 Å². The van der Waals surface area contributed by atoms with Gasteiger partial charge in [-0.2, -0.15) is 4.98 Å². The molecular weight excluding hydrogens is 460 g/mol. The molecule has 0 fully saturated rings. The van der Waals surface area contributed by atoms with Crippen molar-refractivity contribution in [3.05, 3.63) is 81.8 Å². The molecule has 10 heteroatoms. The first-order chi connectivity index (χ1) is 15.3. The highest BCUT2D eigenvalue weighted by Crippen LogP contribution is 2.39. The van der Waals surface area contributed by atoms with Crippen molar-refractivity contribution >= 4 is 29.1 Å². The molecule has 0 aliphatic heterocycles. The quantitative estimate of drug-likeness (QED) is 0.499. The number of hydrogen-bond acceptors (Lipinski definition) is 6. The Morgan fingerprint density at radius 2 is 1.91 bits per heavy atom. The summed E-state index contributed by atoms with van der Waals surface area (Å²) < 4.78 is 29.9. The predicted octanol–water partition coefficient (Wildman–Crippen LogP) is 4.84. The van der Waals surface area contributed by atoms with Crippen LogP contribution in [0, 0.1) is 5.82 Å². The summed E-state index contributed by atoms with van der Waals surface area (Å²) in [6, 6.07) is 10.9. The SMILES string of the molecule is CC1(c2nc(COc3ccc(Cl)cc3)no2)C=C(NC(=O)COc2ccc(Cl)cc2F)C1. The van der Waals surface area contributed by atoms with Crippen molar-refractivity contribution in [3.63, 3.8) is 0 Å². The zero-order chi connectivity index (χ0) is 22.7. The highest BCUT2D eigenvalue weighted by atomic mass is 35.5. The topological polar surface area (TPSA) is 86.5 Å². The van der Waals surface area contributed by atoms with E-state index < -0.39 is 17.1 Å². The molecule has 1 unspecified atom stereocenters. The average molecular weight is 478 g/mol. The average Bonchev–Trinajstić information content (AvgIpc) is 3.21. The Morgan fingerprint density at radius 1 is 1.19 bits per heavy atom. The van der Waals surface area contributed by atoms with E-state index in [1.165, 1.54) is 12.1 Å². The molecule has 166 valence electrons. The number of hydrogen-bond donors (Lipinski definition) is 1. The number of allylic oxidation sites excluding steroid dienone is 2. The van der Waals surface area contributed by atoms with Gasteiger partial charge in [0, 0.05) is 22.2 Å². The summed E-state index contributed by atoms with van der Waals surface area (Å²) in [5.74, 6) is 0.380. The fourth-order valence-electron chi connectivity index (χ4n) is 3.14. The fourth-order valence-corrected chi connectivity index (χ4v) is 3.43. The van der Waals surface area contributed by atoms with Gasteiger partial charge in [-0.1, -0.05) is 28.4 Å². The molecule has 1 atom stereocenters. The minimum Gasteiger partial charge on any atom is -0.485 e. The van der Waals surface area contributed by atoms with E-state index in [1.807, 2.05) is 13.0 Å². The molecule has 3 aromatic rings. The lowest BCUT2D eigenvalue weighted by Gasteiger charge is -2.33. The number of nitrogens with one attached hydrogen (secondary N) is 1. The molecule has 7 nitrogen and oxygen atoms in total. The third-order valence-electron chi connectivity index (χ3n) is 4.74. The van der Waals surface area contributed by atoms with Gasteiger partial charge >= 0.3 is 0 Å². The highest BCUT2D eigenvalue weighted by molar-refractivity contribution is 6.30. The van der Waals surface area contributed by atoms with Gasteiger partial charge in [-0.3, -0.25) is 4.79 Å². The summed E-state index contributed by atoms with van der Waals surface area (Å²) in [5.41, 5.74) is 0.187. The van der Waals surface area contributed by atoms with Crippen molar-refractivity contribution in [1.29, 1.82) is 0 Å². The van der Waals surface area contributed by atoms with Crippen LogP contribution < -0.4 is 14.8 Å². The highest BCUT2D eigenvalue weighted by Gasteiger charge is 2.39. The number of halogens is 3. The smallest absolute Gasteiger partial charge is 0.262 e. The van der Waals surface area contributed by atoms with Gasteiger partial charge in [0.1, 0.15) is 5.75 Å². The zero-order valence-electron chi connectivity index (χ0n) is 16.9. The van der Waals surface area contributed by atoms with E-state index in [2.05, 4.69) is 15.5 Å². The lowest BCUT2D eigenvalue weighted by molar-refractivity contribution is -0.122. The molecule has 1 N–H and O–H groups in total. The predicted molar refractivity (Wildman–Crippen MR) is 115 cm³/mol. The maximum absolute atomic E-state index is 13.7. The largest absolute Gasteiger partial charge is 0.485 e. The Morgan fingerprint density at radius 3 is 2.62 bits per heavy atom. The molecule has 32 heavy (non-hydrogen) atoms. The van der Waals surface area contributed by atoms with Crippen LogP contribution in [0.5, 0.6) is 11.5 Å². The standard InChI is InChI=1S/C22H18Cl2FN3O4/c1-22(21-27-19(28-32-21)11-30-16-5-2-13(23)3-6-16)9-15(10-22)26-20(29)12-31-18-7-4-14(24)8-17(18)25/h2-9H,10-12H2,1H3,(H,26,29). The van der Waals surface area contributed by atoms with Crippen LogP contribution in [-0.2, 0) is 16.8 Å². The number of carbonyl (C=O) groups is 1. The maximum Gasteiger partial charge on any atom is 0.262 e. The number of nitrogens with zero attached hydrogens (tertiary/aromatic N) is 2. The summed E-state index contributed by atoms with van der Waals surface area (Å²) >= 11 is 11.5. The van der Waals surface area contributed by atoms with Crippen molar-refractivity contribution in [2.24, 2.45) is 0 Å². The van der Waals surface area contributed by atoms with Crippen LogP contribution in [0.1, 0.15) is 25.1 Å². The van der Waals surface area contributed by atoms with Gasteiger partial charge in [-0.05, 0) is 55.5 Å². The molecule has 2 aromatic carbocycles. The van der Waals surface area contributed by atoms with Crippen LogP contribution >= 0.6 is 23.2 Å². The van der Waals surface area contributed by atoms with E-state index in [0.29, 0.717) is 34.6 Å². The Balaban J connectivity index is 1.28. The van der Waals surface area contributed by atoms with Crippen LogP contribution in [0.4, 0.5) is 4.39 Å². The first-order valence-electron chi connectivity index (χ1n) is 9.62. The van der Waals surface area contributed by atoms with Gasteiger partial charge in [0.15, 0.2) is 24.8 Å². The first kappa shape index (κ1) is 22.1. The number of carbonyl (C=O) groups excluding carboxylic acids is 1. The van der Waals surface area contributed by atoms with Crippen molar-refractivity contribution in [2.45, 2.75) is 25.4 Å². The van der Waals surface area contributed by atoms with Crippen LogP contribution in [0.3, 0.4) is 0 Å². The van der Waals surface area contributed by atoms with Gasteiger partial charge in [0.2, 0.25) is 11.7 Å². The second kappa shape index (κ2) is 9.18. The van der Waals surface area contributed by atoms with E-state index >= 15 is 0 Å². The molecule has 1 aliphatic carbocycles. The third kappa shape index (κ3) is 5.20. The molecule has 0 radical (unpaired) electrons. The third-order valence-corrected chi connectivity index (χ3v) is 5.23. The summed E-state index contributed by atoms with van der Waals surface area (Å²) in [6.07, 6.45) is 2.32. The summed E-state index contributed by atoms with van der Waals surface area (Å²) in [6.45, 7) is 1.73. The van der Waals surface area contributed by atoms with Gasteiger partial charge in [-0.25, -0.2) is 4.39 Å². The first-order valence-corrected chi connectivity index (χ1v) is 10.4. The van der Waals surface area contributed by atoms with Gasteiger partial charge in [0.25, 0.3) is 5.91 Å². The Kier molecular flexibility index (Phi) is 6.34. The monoisotopic (exact) mass is 477 g/mol. The minimum atomic E-state index is -0.632. The number of ether oxygens (including phenoxy) is 2. The van der Waals surface area contributed by atoms with Gasteiger partial charge < -0.3 is 19.3 Å². The second-order valence-corrected chi connectivity index (χ2v) is 8.31. The number of amides is 1. The molecule has 1 amide bonds. The molecule has 0 spiro atoms. The van der Waals surface area contributed by atoms with E-state index in [-0.39, 0.29) is 24.0 Å². The lowest BCUT2D eigenvalue weighted by Crippen LogP contribution is -2.39. The molecule has 1 aliphatic rings. The molecule has 0 saturated heterocycles. The van der Waals surface area contributed by atoms with Gasteiger partial charge in [0.05, 0.1) is 5.41 Å². The Labute approximate surface area is 193 Å². The zero-order valence-corrected chi connectivity index (χ0v) is 18.4. The van der Waals surface area contributed by atoms with Crippen LogP contribution in [-0.4, -0.2) is 22.7 Å². The van der Waals surface area contributed by atoms with Crippen molar-refractivity contribution in [3.8, 4) is 11.5 Å². The van der Waals surface area contributed by atoms with E-state index in [4.69, 9.17) is 37.2 Å². The molecule has 0 saturated carbocycles. The van der Waals surface area contributed by atoms with Crippen molar-refractivity contribution in [1.82, 2.24) is 15.5 Å². The number of aromatic nitrogens is 2. The maximum atomic E-state index is 13.7. The summed E-state index contributed by atoms with van der Waals surface area (Å²) in [7, 11) is 0. The van der Waals surface area contributed by atoms with Crippen molar-refractivity contribution in [2.75, 3.05) is 6.61 Å². The molecule has 4 rings (SSSR count). The molecule has 1 aromatic heterocycles. The molecule has 0 bridgehead atoms.